The van der Waals surface area contributed by atoms with Gasteiger partial charge >= 0.3 is 0 Å². The number of anilines is 1. The zero-order valence-electron chi connectivity index (χ0n) is 17.9. The molecule has 1 saturated heterocycles. The number of benzene rings is 1. The maximum absolute atomic E-state index is 14.2. The van der Waals surface area contributed by atoms with Crippen molar-refractivity contribution in [1.29, 1.82) is 0 Å². The van der Waals surface area contributed by atoms with Crippen molar-refractivity contribution in [1.82, 2.24) is 19.4 Å². The summed E-state index contributed by atoms with van der Waals surface area (Å²) in [5.74, 6) is -2.26. The minimum Gasteiger partial charge on any atom is -0.342 e. The molecule has 1 aromatic carbocycles. The van der Waals surface area contributed by atoms with Crippen LogP contribution in [0.4, 0.5) is 19.1 Å². The first kappa shape index (κ1) is 21.2. The quantitative estimate of drug-likeness (QED) is 0.605. The number of hydrogen-bond acceptors (Lipinski definition) is 5. The number of pyridine rings is 1. The fourth-order valence-electron chi connectivity index (χ4n) is 4.74. The maximum atomic E-state index is 14.2. The van der Waals surface area contributed by atoms with Crippen molar-refractivity contribution in [3.8, 4) is 11.3 Å². The highest BCUT2D eigenvalue weighted by Gasteiger charge is 2.59. The predicted octanol–water partition coefficient (Wildman–Crippen LogP) is 2.47. The van der Waals surface area contributed by atoms with E-state index in [1.54, 1.807) is 11.9 Å². The van der Waals surface area contributed by atoms with Crippen LogP contribution in [0.5, 0.6) is 0 Å². The van der Waals surface area contributed by atoms with Crippen LogP contribution in [0, 0.1) is 29.3 Å². The first-order chi connectivity index (χ1) is 15.8. The second kappa shape index (κ2) is 7.72. The first-order valence-corrected chi connectivity index (χ1v) is 10.4. The van der Waals surface area contributed by atoms with E-state index in [2.05, 4.69) is 9.97 Å². The molecular formula is C23H20F3N5O2. The topological polar surface area (TPSA) is 71.3 Å². The van der Waals surface area contributed by atoms with Gasteiger partial charge in [-0.1, -0.05) is 0 Å². The molecule has 1 amide bonds. The van der Waals surface area contributed by atoms with Crippen LogP contribution in [0.1, 0.15) is 10.4 Å². The molecule has 0 N–H and O–H groups in total. The van der Waals surface area contributed by atoms with E-state index in [0.717, 1.165) is 18.3 Å². The normalized spacial score (nSPS) is 21.1. The molecule has 0 radical (unpaired) electrons. The molecular weight excluding hydrogens is 435 g/mol. The van der Waals surface area contributed by atoms with Gasteiger partial charge in [0.25, 0.3) is 11.5 Å². The summed E-state index contributed by atoms with van der Waals surface area (Å²) in [4.78, 5) is 37.0. The van der Waals surface area contributed by atoms with E-state index in [-0.39, 0.29) is 46.2 Å². The molecule has 33 heavy (non-hydrogen) atoms. The fourth-order valence-corrected chi connectivity index (χ4v) is 4.74. The Labute approximate surface area is 187 Å². The van der Waals surface area contributed by atoms with Crippen LogP contribution >= 0.6 is 0 Å². The Morgan fingerprint density at radius 1 is 1.06 bits per heavy atom. The Hall–Kier alpha value is -3.69. The molecule has 1 aliphatic heterocycles. The van der Waals surface area contributed by atoms with Crippen LogP contribution in [0.15, 0.2) is 47.5 Å². The lowest BCUT2D eigenvalue weighted by molar-refractivity contribution is 0.0772. The van der Waals surface area contributed by atoms with Crippen LogP contribution in [-0.4, -0.2) is 51.5 Å². The molecule has 1 saturated carbocycles. The summed E-state index contributed by atoms with van der Waals surface area (Å²) < 4.78 is 42.3. The molecule has 7 nitrogen and oxygen atoms in total. The van der Waals surface area contributed by atoms with E-state index in [9.17, 15) is 22.8 Å². The van der Waals surface area contributed by atoms with Crippen LogP contribution in [0.3, 0.4) is 0 Å². The molecule has 170 valence electrons. The van der Waals surface area contributed by atoms with Gasteiger partial charge in [0.15, 0.2) is 17.5 Å². The summed E-state index contributed by atoms with van der Waals surface area (Å²) in [6.45, 7) is 0.925. The lowest BCUT2D eigenvalue weighted by Crippen LogP contribution is -2.38. The number of halogens is 3. The Bertz CT molecular complexity index is 1320. The fraction of sp³-hybridized carbons (Fsp3) is 0.304. The van der Waals surface area contributed by atoms with Crippen LogP contribution in [0.2, 0.25) is 0 Å². The number of likely N-dealkylation sites (tertiary alicyclic amines) is 1. The number of amides is 1. The largest absolute Gasteiger partial charge is 0.342 e. The molecule has 2 aromatic heterocycles. The summed E-state index contributed by atoms with van der Waals surface area (Å²) in [6, 6.07) is 5.93. The van der Waals surface area contributed by atoms with Gasteiger partial charge in [-0.05, 0) is 24.3 Å². The monoisotopic (exact) mass is 455 g/mol. The summed E-state index contributed by atoms with van der Waals surface area (Å²) in [5, 5.41) is 0. The second-order valence-electron chi connectivity index (χ2n) is 8.46. The van der Waals surface area contributed by atoms with Gasteiger partial charge < -0.3 is 9.80 Å². The average molecular weight is 455 g/mol. The van der Waals surface area contributed by atoms with Crippen molar-refractivity contribution >= 4 is 11.9 Å². The molecule has 1 aliphatic carbocycles. The van der Waals surface area contributed by atoms with Gasteiger partial charge in [-0.25, -0.2) is 18.2 Å². The van der Waals surface area contributed by atoms with E-state index < -0.39 is 17.5 Å². The number of piperidine rings is 1. The first-order valence-electron chi connectivity index (χ1n) is 10.4. The number of aromatic nitrogens is 3. The van der Waals surface area contributed by atoms with Gasteiger partial charge in [-0.15, -0.1) is 0 Å². The van der Waals surface area contributed by atoms with Crippen LogP contribution in [-0.2, 0) is 7.05 Å². The van der Waals surface area contributed by atoms with Gasteiger partial charge in [0.2, 0.25) is 5.95 Å². The molecule has 1 unspecified atom stereocenters. The van der Waals surface area contributed by atoms with Crippen LogP contribution in [0.25, 0.3) is 11.3 Å². The molecule has 2 fully saturated rings. The summed E-state index contributed by atoms with van der Waals surface area (Å²) in [5.41, 5.74) is 0.202. The summed E-state index contributed by atoms with van der Waals surface area (Å²) in [7, 11) is 3.42. The maximum Gasteiger partial charge on any atom is 0.255 e. The van der Waals surface area contributed by atoms with Crippen LogP contribution < -0.4 is 10.5 Å². The van der Waals surface area contributed by atoms with E-state index in [4.69, 9.17) is 0 Å². The summed E-state index contributed by atoms with van der Waals surface area (Å²) in [6.07, 6.45) is 2.51. The number of rotatable bonds is 4. The number of nitrogens with zero attached hydrogens (tertiary/aromatic N) is 5. The number of hydrogen-bond donors (Lipinski definition) is 0. The lowest BCUT2D eigenvalue weighted by atomic mass is 10.2. The zero-order valence-corrected chi connectivity index (χ0v) is 17.9. The van der Waals surface area contributed by atoms with E-state index in [0.29, 0.717) is 19.0 Å². The van der Waals surface area contributed by atoms with Crippen molar-refractivity contribution in [2.24, 2.45) is 18.9 Å². The third-order valence-electron chi connectivity index (χ3n) is 6.52. The third kappa shape index (κ3) is 3.55. The van der Waals surface area contributed by atoms with E-state index in [1.807, 2.05) is 11.9 Å². The smallest absolute Gasteiger partial charge is 0.255 e. The summed E-state index contributed by atoms with van der Waals surface area (Å²) >= 11 is 0. The highest BCUT2D eigenvalue weighted by Crippen LogP contribution is 2.49. The zero-order chi connectivity index (χ0) is 23.4. The number of carbonyl (C=O) groups excluding carboxylic acids is 1. The SMILES string of the molecule is CN(c1nc(-c2ccncc2F)cc(=O)n1C)C1[C@H]2CN(C(=O)c3ccc(F)c(F)c3)C[C@@H]12. The Morgan fingerprint density at radius 3 is 2.45 bits per heavy atom. The van der Waals surface area contributed by atoms with Crippen molar-refractivity contribution in [2.75, 3.05) is 25.0 Å². The highest BCUT2D eigenvalue weighted by molar-refractivity contribution is 5.94. The molecule has 3 atom stereocenters. The minimum absolute atomic E-state index is 0.0506. The van der Waals surface area contributed by atoms with Crippen molar-refractivity contribution in [3.05, 3.63) is 76.1 Å². The molecule has 3 aromatic rings. The van der Waals surface area contributed by atoms with Crippen molar-refractivity contribution in [3.63, 3.8) is 0 Å². The molecule has 3 heterocycles. The van der Waals surface area contributed by atoms with Gasteiger partial charge in [0.05, 0.1) is 11.9 Å². The van der Waals surface area contributed by atoms with E-state index in [1.165, 1.54) is 29.0 Å². The van der Waals surface area contributed by atoms with Gasteiger partial charge in [-0.2, -0.15) is 0 Å². The number of carbonyl (C=O) groups is 1. The third-order valence-corrected chi connectivity index (χ3v) is 6.52. The van der Waals surface area contributed by atoms with Crippen molar-refractivity contribution in [2.45, 2.75) is 6.04 Å². The minimum atomic E-state index is -1.06. The molecule has 5 rings (SSSR count). The van der Waals surface area contributed by atoms with Gasteiger partial charge in [0, 0.05) is 68.5 Å². The number of fused-ring (bicyclic) bond motifs is 1. The Morgan fingerprint density at radius 2 is 1.79 bits per heavy atom. The van der Waals surface area contributed by atoms with Crippen molar-refractivity contribution < 1.29 is 18.0 Å². The average Bonchev–Trinajstić information content (AvgIpc) is 3.29. The lowest BCUT2D eigenvalue weighted by Gasteiger charge is -2.26. The Kier molecular flexibility index (Phi) is 4.95. The van der Waals surface area contributed by atoms with Gasteiger partial charge in [-0.3, -0.25) is 19.1 Å². The molecule has 0 bridgehead atoms. The Balaban J connectivity index is 1.34. The van der Waals surface area contributed by atoms with Gasteiger partial charge in [0.1, 0.15) is 0 Å². The second-order valence-corrected chi connectivity index (χ2v) is 8.46. The molecule has 2 aliphatic rings. The highest BCUT2D eigenvalue weighted by atomic mass is 19.2. The van der Waals surface area contributed by atoms with E-state index >= 15 is 0 Å². The predicted molar refractivity (Wildman–Crippen MR) is 114 cm³/mol. The molecule has 0 spiro atoms. The standard InChI is InChI=1S/C23H20F3N5O2/c1-29-20(32)8-19(13-5-6-27-9-18(13)26)28-23(29)30(2)21-14-10-31(11-15(14)21)22(33)12-3-4-16(24)17(25)7-12/h3-9,14-15,21H,10-11H2,1-2H3/t14-,15+,21?. The molecule has 10 heteroatoms.